The molecule has 2 fully saturated rings. The molecule has 3 amide bonds. The maximum Gasteiger partial charge on any atom is 0.330 e. The van der Waals surface area contributed by atoms with Gasteiger partial charge in [-0.2, -0.15) is 0 Å². The molecule has 0 aliphatic carbocycles. The second-order valence-electron chi connectivity index (χ2n) is 8.32. The van der Waals surface area contributed by atoms with Crippen molar-refractivity contribution in [1.82, 2.24) is 19.9 Å². The molecule has 4 atom stereocenters. The molecule has 3 heterocycles. The van der Waals surface area contributed by atoms with Gasteiger partial charge in [0.25, 0.3) is 25.2 Å². The van der Waals surface area contributed by atoms with Gasteiger partial charge in [0.1, 0.15) is 12.3 Å². The molecule has 40 heavy (non-hydrogen) atoms. The third kappa shape index (κ3) is 9.62. The zero-order valence-electron chi connectivity index (χ0n) is 22.1. The number of rotatable bonds is 10. The summed E-state index contributed by atoms with van der Waals surface area (Å²) in [5, 5.41) is 3.06. The van der Waals surface area contributed by atoms with E-state index in [9.17, 15) is 38.2 Å². The zero-order chi connectivity index (χ0) is 30.0. The molecule has 17 nitrogen and oxygen atoms in total. The van der Waals surface area contributed by atoms with E-state index in [0.717, 1.165) is 14.0 Å². The molecule has 2 saturated heterocycles. The van der Waals surface area contributed by atoms with E-state index < -0.39 is 55.3 Å². The van der Waals surface area contributed by atoms with Gasteiger partial charge in [0, 0.05) is 60.1 Å². The van der Waals surface area contributed by atoms with Gasteiger partial charge in [0.05, 0.1) is 18.3 Å². The summed E-state index contributed by atoms with van der Waals surface area (Å²) in [6, 6.07) is 0. The maximum absolute atomic E-state index is 12.2. The van der Waals surface area contributed by atoms with E-state index in [1.807, 2.05) is 0 Å². The van der Waals surface area contributed by atoms with E-state index in [1.165, 1.54) is 30.9 Å². The number of ether oxygens (including phenoxy) is 2. The minimum Gasteiger partial charge on any atom is -0.756 e. The summed E-state index contributed by atoms with van der Waals surface area (Å²) in [7, 11) is -2.05. The number of aromatic amines is 1. The Morgan fingerprint density at radius 3 is 2.40 bits per heavy atom. The number of phosphoric acid groups is 1. The van der Waals surface area contributed by atoms with Crippen LogP contribution in [0.1, 0.15) is 44.9 Å². The smallest absolute Gasteiger partial charge is 0.330 e. The van der Waals surface area contributed by atoms with E-state index in [4.69, 9.17) is 14.0 Å². The van der Waals surface area contributed by atoms with E-state index in [1.54, 1.807) is 6.08 Å². The Morgan fingerprint density at radius 2 is 1.85 bits per heavy atom. The molecule has 0 saturated carbocycles. The molecule has 3 rings (SSSR count). The van der Waals surface area contributed by atoms with Crippen molar-refractivity contribution in [2.24, 2.45) is 0 Å². The first kappa shape index (κ1) is 32.7. The highest BCUT2D eigenvalue weighted by atomic mass is 31.2. The normalized spacial score (nSPS) is 22.1. The number of carbonyl (C=O) groups is 4. The Labute approximate surface area is 227 Å². The number of phosphoric ester groups is 1. The van der Waals surface area contributed by atoms with Gasteiger partial charge in [0.2, 0.25) is 5.91 Å². The van der Waals surface area contributed by atoms with Crippen molar-refractivity contribution in [3.05, 3.63) is 38.7 Å². The van der Waals surface area contributed by atoms with Crippen LogP contribution in [0.2, 0.25) is 0 Å². The number of nitrogens with one attached hydrogen (secondary N) is 2. The molecule has 4 unspecified atom stereocenters. The van der Waals surface area contributed by atoms with Crippen LogP contribution in [0.4, 0.5) is 0 Å². The summed E-state index contributed by atoms with van der Waals surface area (Å²) in [4.78, 5) is 84.8. The number of imide groups is 1. The monoisotopic (exact) mass is 589 g/mol. The highest BCUT2D eigenvalue weighted by Crippen LogP contribution is 2.39. The Balaban J connectivity index is 0.000000425. The quantitative estimate of drug-likeness (QED) is 0.240. The number of hydrogen-bond donors (Lipinski definition) is 2. The minimum absolute atomic E-state index is 0.131. The topological polar surface area (TPSA) is 225 Å². The molecule has 2 aliphatic rings. The van der Waals surface area contributed by atoms with Crippen molar-refractivity contribution in [3.63, 3.8) is 0 Å². The Kier molecular flexibility index (Phi) is 12.1. The van der Waals surface area contributed by atoms with Gasteiger partial charge in [-0.05, 0) is 0 Å². The summed E-state index contributed by atoms with van der Waals surface area (Å²) in [5.41, 5.74) is -1.11. The molecule has 2 N–H and O–H groups in total. The van der Waals surface area contributed by atoms with E-state index in [-0.39, 0.29) is 43.9 Å². The van der Waals surface area contributed by atoms with Crippen molar-refractivity contribution >= 4 is 37.6 Å². The van der Waals surface area contributed by atoms with Crippen molar-refractivity contribution in [1.29, 1.82) is 0 Å². The third-order valence-corrected chi connectivity index (χ3v) is 6.31. The van der Waals surface area contributed by atoms with Crippen molar-refractivity contribution in [2.75, 3.05) is 27.4 Å². The number of hydroxylamine groups is 2. The molecule has 1 aromatic rings. The molecule has 222 valence electrons. The van der Waals surface area contributed by atoms with Crippen LogP contribution in [0.25, 0.3) is 6.08 Å². The number of amides is 3. The van der Waals surface area contributed by atoms with Crippen LogP contribution in [0, 0.1) is 0 Å². The highest BCUT2D eigenvalue weighted by Gasteiger charge is 2.38. The van der Waals surface area contributed by atoms with Crippen LogP contribution in [0.3, 0.4) is 0 Å². The molecule has 1 aromatic heterocycles. The fourth-order valence-corrected chi connectivity index (χ4v) is 3.93. The van der Waals surface area contributed by atoms with E-state index >= 15 is 0 Å². The van der Waals surface area contributed by atoms with Gasteiger partial charge in [0.15, 0.2) is 0 Å². The number of hydrogen-bond acceptors (Lipinski definition) is 13. The van der Waals surface area contributed by atoms with Crippen LogP contribution in [0.5, 0.6) is 0 Å². The second-order valence-corrected chi connectivity index (χ2v) is 9.84. The standard InChI is InChI=1S/C16H24N3O9P.C6H7NO4/c1-10(20)17-6-4-5-11-8-19(16(22)18-15(11)21)14-7-12(25-2)13(28-14)9-27-29(23,24)26-3;1-4(8)11-7-5(9)2-3-6(7)10/h4-5,8,12-14H,6-7,9H2,1-3H3,(H,17,20)(H,23,24)(H,18,21,22);2-3H2,1H3/p-1/b5-4+;. The third-order valence-electron chi connectivity index (χ3n) is 5.40. The van der Waals surface area contributed by atoms with Crippen molar-refractivity contribution in [2.45, 2.75) is 51.5 Å². The predicted octanol–water partition coefficient (Wildman–Crippen LogP) is -1.27. The van der Waals surface area contributed by atoms with Gasteiger partial charge in [-0.15, -0.1) is 5.06 Å². The van der Waals surface area contributed by atoms with Gasteiger partial charge in [-0.1, -0.05) is 12.2 Å². The lowest BCUT2D eigenvalue weighted by molar-refractivity contribution is -0.226. The SMILES string of the molecule is CC(=O)ON1C(=O)CCC1=O.COC1CC(n2cc(/C=C/CNC(C)=O)c(=O)[nH]c2=O)OC1COP(=O)([O-])OC. The average Bonchev–Trinajstić information content (AvgIpc) is 3.44. The Hall–Kier alpha value is -3.47. The Bertz CT molecular complexity index is 1270. The lowest BCUT2D eigenvalue weighted by Crippen LogP contribution is -2.33. The summed E-state index contributed by atoms with van der Waals surface area (Å²) in [5.74, 6) is -1.79. The molecule has 18 heteroatoms. The maximum atomic E-state index is 12.2. The molecule has 0 radical (unpaired) electrons. The highest BCUT2D eigenvalue weighted by molar-refractivity contribution is 7.45. The molecular weight excluding hydrogens is 559 g/mol. The Morgan fingerprint density at radius 1 is 1.20 bits per heavy atom. The van der Waals surface area contributed by atoms with Crippen LogP contribution < -0.4 is 21.5 Å². The fourth-order valence-electron chi connectivity index (χ4n) is 3.50. The van der Waals surface area contributed by atoms with Crippen molar-refractivity contribution in [3.8, 4) is 0 Å². The first-order valence-corrected chi connectivity index (χ1v) is 13.2. The zero-order valence-corrected chi connectivity index (χ0v) is 23.0. The van der Waals surface area contributed by atoms with Crippen LogP contribution in [-0.2, 0) is 47.1 Å². The molecule has 2 aliphatic heterocycles. The number of nitrogens with zero attached hydrogens (tertiary/aromatic N) is 2. The summed E-state index contributed by atoms with van der Waals surface area (Å²) < 4.78 is 32.5. The van der Waals surface area contributed by atoms with Gasteiger partial charge in [-0.25, -0.2) is 9.59 Å². The van der Waals surface area contributed by atoms with Crippen LogP contribution >= 0.6 is 7.82 Å². The number of carbonyl (C=O) groups excluding carboxylic acids is 4. The first-order valence-electron chi connectivity index (χ1n) is 11.8. The van der Waals surface area contributed by atoms with Gasteiger partial charge < -0.3 is 33.6 Å². The molecule has 0 spiro atoms. The number of methoxy groups -OCH3 is 1. The number of aromatic nitrogens is 2. The molecule has 0 bridgehead atoms. The lowest BCUT2D eigenvalue weighted by Gasteiger charge is -2.24. The van der Waals surface area contributed by atoms with Crippen LogP contribution in [-0.4, -0.2) is 77.9 Å². The summed E-state index contributed by atoms with van der Waals surface area (Å²) in [6.45, 7) is 2.36. The van der Waals surface area contributed by atoms with E-state index in [2.05, 4.69) is 19.7 Å². The van der Waals surface area contributed by atoms with Crippen molar-refractivity contribution < 1.29 is 52.0 Å². The van der Waals surface area contributed by atoms with Crippen LogP contribution in [0.15, 0.2) is 21.9 Å². The predicted molar refractivity (Wildman–Crippen MR) is 132 cm³/mol. The summed E-state index contributed by atoms with van der Waals surface area (Å²) >= 11 is 0. The average molecular weight is 589 g/mol. The van der Waals surface area contributed by atoms with Gasteiger partial charge in [-0.3, -0.25) is 33.3 Å². The first-order chi connectivity index (χ1) is 18.8. The number of H-pyrrole nitrogens is 1. The second kappa shape index (κ2) is 14.8. The summed E-state index contributed by atoms with van der Waals surface area (Å²) in [6.07, 6.45) is 2.69. The minimum atomic E-state index is -4.44. The van der Waals surface area contributed by atoms with E-state index in [0.29, 0.717) is 5.06 Å². The molecule has 0 aromatic carbocycles. The lowest BCUT2D eigenvalue weighted by atomic mass is 10.2. The fraction of sp³-hybridized carbons (Fsp3) is 0.545. The molecular formula is C22H30N4O13P-. The van der Waals surface area contributed by atoms with Gasteiger partial charge >= 0.3 is 11.7 Å². The largest absolute Gasteiger partial charge is 0.756 e.